The highest BCUT2D eigenvalue weighted by atomic mass is 35.5. The molecular weight excluding hydrogens is 349 g/mol. The number of anilines is 1. The van der Waals surface area contributed by atoms with Crippen LogP contribution >= 0.6 is 46.3 Å². The van der Waals surface area contributed by atoms with E-state index >= 15 is 0 Å². The predicted octanol–water partition coefficient (Wildman–Crippen LogP) is 4.66. The summed E-state index contributed by atoms with van der Waals surface area (Å²) in [4.78, 5) is 12.3. The highest BCUT2D eigenvalue weighted by Crippen LogP contribution is 2.30. The zero-order chi connectivity index (χ0) is 15.4. The summed E-state index contributed by atoms with van der Waals surface area (Å²) in [5.74, 6) is -0.125. The second-order valence-electron chi connectivity index (χ2n) is 4.22. The molecule has 1 aromatic heterocycles. The van der Waals surface area contributed by atoms with E-state index < -0.39 is 0 Å². The molecular formula is C13H13Cl2N3OS2. The van der Waals surface area contributed by atoms with Gasteiger partial charge in [-0.1, -0.05) is 53.2 Å². The summed E-state index contributed by atoms with van der Waals surface area (Å²) in [5.41, 5.74) is 0.515. The topological polar surface area (TPSA) is 54.9 Å². The molecule has 0 aliphatic heterocycles. The van der Waals surface area contributed by atoms with E-state index in [4.69, 9.17) is 23.2 Å². The lowest BCUT2D eigenvalue weighted by atomic mass is 10.2. The van der Waals surface area contributed by atoms with Gasteiger partial charge in [0, 0.05) is 5.02 Å². The average molecular weight is 362 g/mol. The minimum atomic E-state index is -0.257. The molecule has 4 nitrogen and oxygen atoms in total. The number of aryl methyl sites for hydroxylation is 1. The highest BCUT2D eigenvalue weighted by Gasteiger charge is 2.20. The first-order valence-electron chi connectivity index (χ1n) is 6.22. The van der Waals surface area contributed by atoms with Crippen LogP contribution < -0.4 is 5.32 Å². The number of hydrogen-bond acceptors (Lipinski definition) is 5. The molecule has 1 heterocycles. The molecule has 0 spiro atoms. The molecule has 1 aromatic carbocycles. The minimum absolute atomic E-state index is 0.125. The summed E-state index contributed by atoms with van der Waals surface area (Å²) in [7, 11) is 0. The summed E-state index contributed by atoms with van der Waals surface area (Å²) in [6.45, 7) is 3.83. The van der Waals surface area contributed by atoms with Crippen molar-refractivity contribution in [1.82, 2.24) is 10.2 Å². The third kappa shape index (κ3) is 4.57. The maximum atomic E-state index is 12.3. The maximum Gasteiger partial charge on any atom is 0.237 e. The first-order valence-corrected chi connectivity index (χ1v) is 8.67. The maximum absolute atomic E-state index is 12.3. The Bertz CT molecular complexity index is 648. The molecule has 1 unspecified atom stereocenters. The third-order valence-electron chi connectivity index (χ3n) is 2.60. The fourth-order valence-corrected chi connectivity index (χ4v) is 3.90. The van der Waals surface area contributed by atoms with E-state index in [2.05, 4.69) is 15.5 Å². The van der Waals surface area contributed by atoms with Gasteiger partial charge in [0.25, 0.3) is 0 Å². The zero-order valence-electron chi connectivity index (χ0n) is 11.4. The van der Waals surface area contributed by atoms with Gasteiger partial charge in [-0.3, -0.25) is 4.79 Å². The average Bonchev–Trinajstić information content (AvgIpc) is 2.85. The molecule has 0 bridgehead atoms. The normalized spacial score (nSPS) is 12.2. The van der Waals surface area contributed by atoms with Gasteiger partial charge in [-0.15, -0.1) is 10.2 Å². The van der Waals surface area contributed by atoms with Gasteiger partial charge in [-0.2, -0.15) is 0 Å². The van der Waals surface area contributed by atoms with Crippen molar-refractivity contribution in [3.8, 4) is 0 Å². The SMILES string of the molecule is CCC(Sc1nnc(C)s1)C(=O)Nc1cc(Cl)ccc1Cl. The molecule has 21 heavy (non-hydrogen) atoms. The van der Waals surface area contributed by atoms with Crippen LogP contribution in [0.5, 0.6) is 0 Å². The Hall–Kier alpha value is -0.820. The Labute approximate surface area is 141 Å². The fraction of sp³-hybridized carbons (Fsp3) is 0.308. The predicted molar refractivity (Wildman–Crippen MR) is 89.7 cm³/mol. The molecule has 2 rings (SSSR count). The fourth-order valence-electron chi connectivity index (χ4n) is 1.58. The van der Waals surface area contributed by atoms with Gasteiger partial charge in [0.15, 0.2) is 4.34 Å². The summed E-state index contributed by atoms with van der Waals surface area (Å²) in [5, 5.41) is 12.4. The molecule has 0 saturated heterocycles. The molecule has 2 aromatic rings. The number of aromatic nitrogens is 2. The Balaban J connectivity index is 2.07. The van der Waals surface area contributed by atoms with Crippen molar-refractivity contribution in [2.75, 3.05) is 5.32 Å². The number of carbonyl (C=O) groups is 1. The number of amides is 1. The number of halogens is 2. The number of benzene rings is 1. The molecule has 1 N–H and O–H groups in total. The van der Waals surface area contributed by atoms with E-state index in [0.29, 0.717) is 22.2 Å². The van der Waals surface area contributed by atoms with Crippen LogP contribution in [-0.2, 0) is 4.79 Å². The summed E-state index contributed by atoms with van der Waals surface area (Å²) >= 11 is 14.8. The first kappa shape index (κ1) is 16.5. The van der Waals surface area contributed by atoms with Gasteiger partial charge in [-0.25, -0.2) is 0 Å². The Morgan fingerprint density at radius 1 is 1.43 bits per heavy atom. The smallest absolute Gasteiger partial charge is 0.237 e. The number of thioether (sulfide) groups is 1. The van der Waals surface area contributed by atoms with Crippen molar-refractivity contribution in [3.63, 3.8) is 0 Å². The molecule has 0 fully saturated rings. The lowest BCUT2D eigenvalue weighted by Crippen LogP contribution is -2.24. The van der Waals surface area contributed by atoms with E-state index in [0.717, 1.165) is 9.35 Å². The number of carbonyl (C=O) groups excluding carboxylic acids is 1. The van der Waals surface area contributed by atoms with Crippen molar-refractivity contribution in [1.29, 1.82) is 0 Å². The summed E-state index contributed by atoms with van der Waals surface area (Å²) in [6.07, 6.45) is 0.674. The van der Waals surface area contributed by atoms with Crippen molar-refractivity contribution < 1.29 is 4.79 Å². The molecule has 1 atom stereocenters. The number of nitrogens with one attached hydrogen (secondary N) is 1. The van der Waals surface area contributed by atoms with Crippen LogP contribution in [0.2, 0.25) is 10.0 Å². The molecule has 0 radical (unpaired) electrons. The van der Waals surface area contributed by atoms with E-state index in [9.17, 15) is 4.79 Å². The monoisotopic (exact) mass is 361 g/mol. The van der Waals surface area contributed by atoms with Gasteiger partial charge in [0.05, 0.1) is 16.0 Å². The van der Waals surface area contributed by atoms with Crippen LogP contribution in [0.25, 0.3) is 0 Å². The van der Waals surface area contributed by atoms with Crippen molar-refractivity contribution in [2.45, 2.75) is 29.9 Å². The molecule has 0 aliphatic carbocycles. The minimum Gasteiger partial charge on any atom is -0.324 e. The van der Waals surface area contributed by atoms with Gasteiger partial charge in [0.1, 0.15) is 5.01 Å². The third-order valence-corrected chi connectivity index (χ3v) is 5.45. The molecule has 8 heteroatoms. The molecule has 0 aliphatic rings. The molecule has 112 valence electrons. The van der Waals surface area contributed by atoms with Crippen LogP contribution in [-0.4, -0.2) is 21.4 Å². The summed E-state index contributed by atoms with van der Waals surface area (Å²) in [6, 6.07) is 4.96. The van der Waals surface area contributed by atoms with Crippen LogP contribution in [0, 0.1) is 6.92 Å². The lowest BCUT2D eigenvalue weighted by Gasteiger charge is -2.14. The molecule has 1 amide bonds. The Kier molecular flexibility index (Phi) is 5.87. The van der Waals surface area contributed by atoms with Crippen molar-refractivity contribution in [2.24, 2.45) is 0 Å². The standard InChI is InChI=1S/C13H13Cl2N3OS2/c1-3-11(21-13-18-17-7(2)20-13)12(19)16-10-6-8(14)4-5-9(10)15/h4-6,11H,3H2,1-2H3,(H,16,19). The van der Waals surface area contributed by atoms with Crippen molar-refractivity contribution in [3.05, 3.63) is 33.3 Å². The Morgan fingerprint density at radius 2 is 2.19 bits per heavy atom. The van der Waals surface area contributed by atoms with Gasteiger partial charge >= 0.3 is 0 Å². The van der Waals surface area contributed by atoms with Gasteiger partial charge in [0.2, 0.25) is 5.91 Å². The highest BCUT2D eigenvalue weighted by molar-refractivity contribution is 8.02. The second kappa shape index (κ2) is 7.45. The second-order valence-corrected chi connectivity index (χ2v) is 7.69. The van der Waals surface area contributed by atoms with Crippen LogP contribution in [0.15, 0.2) is 22.5 Å². The number of hydrogen-bond donors (Lipinski definition) is 1. The van der Waals surface area contributed by atoms with E-state index in [1.54, 1.807) is 18.2 Å². The number of nitrogens with zero attached hydrogens (tertiary/aromatic N) is 2. The van der Waals surface area contributed by atoms with E-state index in [1.165, 1.54) is 23.1 Å². The first-order chi connectivity index (χ1) is 9.99. The zero-order valence-corrected chi connectivity index (χ0v) is 14.5. The Morgan fingerprint density at radius 3 is 2.81 bits per heavy atom. The van der Waals surface area contributed by atoms with Crippen LogP contribution in [0.4, 0.5) is 5.69 Å². The lowest BCUT2D eigenvalue weighted by molar-refractivity contribution is -0.115. The van der Waals surface area contributed by atoms with Crippen molar-refractivity contribution >= 4 is 57.9 Å². The van der Waals surface area contributed by atoms with Crippen LogP contribution in [0.3, 0.4) is 0 Å². The van der Waals surface area contributed by atoms with E-state index in [-0.39, 0.29) is 11.2 Å². The van der Waals surface area contributed by atoms with E-state index in [1.807, 2.05) is 13.8 Å². The summed E-state index contributed by atoms with van der Waals surface area (Å²) < 4.78 is 0.784. The largest absolute Gasteiger partial charge is 0.324 e. The number of rotatable bonds is 5. The quantitative estimate of drug-likeness (QED) is 0.786. The molecule has 0 saturated carbocycles. The van der Waals surface area contributed by atoms with Gasteiger partial charge in [-0.05, 0) is 31.5 Å². The van der Waals surface area contributed by atoms with Gasteiger partial charge < -0.3 is 5.32 Å². The van der Waals surface area contributed by atoms with Crippen LogP contribution in [0.1, 0.15) is 18.4 Å².